The molecule has 0 amide bonds. The van der Waals surface area contributed by atoms with Gasteiger partial charge in [-0.1, -0.05) is 0 Å². The van der Waals surface area contributed by atoms with E-state index in [2.05, 4.69) is 21.9 Å². The van der Waals surface area contributed by atoms with Gasteiger partial charge in [0, 0.05) is 31.1 Å². The first-order valence-electron chi connectivity index (χ1n) is 5.72. The number of aromatic nitrogens is 2. The summed E-state index contributed by atoms with van der Waals surface area (Å²) in [6, 6.07) is 0. The van der Waals surface area contributed by atoms with E-state index < -0.39 is 0 Å². The Morgan fingerprint density at radius 1 is 1.56 bits per heavy atom. The topological polar surface area (TPSA) is 46.1 Å². The Hall–Kier alpha value is -1.29. The third-order valence-electron chi connectivity index (χ3n) is 3.05. The molecule has 2 heterocycles. The van der Waals surface area contributed by atoms with Crippen LogP contribution in [0.2, 0.25) is 0 Å². The highest BCUT2D eigenvalue weighted by Crippen LogP contribution is 2.17. The van der Waals surface area contributed by atoms with Crippen molar-refractivity contribution in [3.05, 3.63) is 24.3 Å². The normalized spacial score (nSPS) is 21.9. The van der Waals surface area contributed by atoms with E-state index >= 15 is 0 Å². The third kappa shape index (κ3) is 2.85. The first-order chi connectivity index (χ1) is 7.75. The van der Waals surface area contributed by atoms with E-state index in [4.69, 9.17) is 0 Å². The molecule has 4 heteroatoms. The molecule has 16 heavy (non-hydrogen) atoms. The maximum absolute atomic E-state index is 12.0. The van der Waals surface area contributed by atoms with Crippen LogP contribution in [0.25, 0.3) is 0 Å². The summed E-state index contributed by atoms with van der Waals surface area (Å²) in [5.74, 6) is 0.479. The summed E-state index contributed by atoms with van der Waals surface area (Å²) in [4.78, 5) is 22.4. The number of Topliss-reactive ketones (excluding diaryl/α,β-unsaturated/α-hetero) is 1. The van der Waals surface area contributed by atoms with Crippen LogP contribution < -0.4 is 0 Å². The molecule has 1 fully saturated rings. The van der Waals surface area contributed by atoms with Gasteiger partial charge in [0.2, 0.25) is 0 Å². The van der Waals surface area contributed by atoms with Gasteiger partial charge in [0.1, 0.15) is 5.78 Å². The van der Waals surface area contributed by atoms with Gasteiger partial charge in [-0.2, -0.15) is 0 Å². The smallest absolute Gasteiger partial charge is 0.143 e. The lowest BCUT2D eigenvalue weighted by Crippen LogP contribution is -2.36. The van der Waals surface area contributed by atoms with Crippen LogP contribution in [-0.4, -0.2) is 40.8 Å². The van der Waals surface area contributed by atoms with Crippen LogP contribution in [-0.2, 0) is 11.2 Å². The van der Waals surface area contributed by atoms with Crippen molar-refractivity contribution in [1.29, 1.82) is 0 Å². The zero-order chi connectivity index (χ0) is 11.4. The number of nitrogens with zero attached hydrogens (tertiary/aromatic N) is 3. The fourth-order valence-corrected chi connectivity index (χ4v) is 2.17. The Morgan fingerprint density at radius 3 is 3.12 bits per heavy atom. The van der Waals surface area contributed by atoms with E-state index in [1.165, 1.54) is 0 Å². The second kappa shape index (κ2) is 5.16. The van der Waals surface area contributed by atoms with Crippen molar-refractivity contribution in [3.8, 4) is 0 Å². The molecule has 0 spiro atoms. The molecule has 0 N–H and O–H groups in total. The Kier molecular flexibility index (Phi) is 3.62. The van der Waals surface area contributed by atoms with E-state index in [0.717, 1.165) is 31.6 Å². The van der Waals surface area contributed by atoms with Crippen LogP contribution in [0.5, 0.6) is 0 Å². The number of ketones is 1. The van der Waals surface area contributed by atoms with E-state index in [9.17, 15) is 4.79 Å². The molecule has 1 saturated heterocycles. The number of carbonyl (C=O) groups excluding carboxylic acids is 1. The molecule has 4 nitrogen and oxygen atoms in total. The van der Waals surface area contributed by atoms with Crippen LogP contribution in [0.4, 0.5) is 0 Å². The molecule has 1 aromatic heterocycles. The number of piperidine rings is 1. The fraction of sp³-hybridized carbons (Fsp3) is 0.583. The van der Waals surface area contributed by atoms with Crippen molar-refractivity contribution in [2.24, 2.45) is 5.92 Å². The Balaban J connectivity index is 1.93. The Bertz CT molecular complexity index is 353. The monoisotopic (exact) mass is 219 g/mol. The number of hydrogen-bond acceptors (Lipinski definition) is 4. The standard InChI is InChI=1S/C12H17N3O/c1-15-6-2-3-10(9-15)12(16)7-11-8-13-4-5-14-11/h4-5,8,10H,2-3,6-7,9H2,1H3. The van der Waals surface area contributed by atoms with Crippen LogP contribution in [0.3, 0.4) is 0 Å². The Morgan fingerprint density at radius 2 is 2.44 bits per heavy atom. The van der Waals surface area contributed by atoms with Gasteiger partial charge < -0.3 is 4.90 Å². The average molecular weight is 219 g/mol. The molecule has 1 aliphatic rings. The highest BCUT2D eigenvalue weighted by Gasteiger charge is 2.23. The zero-order valence-corrected chi connectivity index (χ0v) is 9.59. The lowest BCUT2D eigenvalue weighted by atomic mass is 9.92. The van der Waals surface area contributed by atoms with Gasteiger partial charge in [-0.25, -0.2) is 0 Å². The van der Waals surface area contributed by atoms with Gasteiger partial charge >= 0.3 is 0 Å². The van der Waals surface area contributed by atoms with Crippen molar-refractivity contribution in [3.63, 3.8) is 0 Å². The van der Waals surface area contributed by atoms with Crippen LogP contribution in [0.1, 0.15) is 18.5 Å². The van der Waals surface area contributed by atoms with Crippen molar-refractivity contribution in [2.75, 3.05) is 20.1 Å². The van der Waals surface area contributed by atoms with E-state index in [1.807, 2.05) is 0 Å². The van der Waals surface area contributed by atoms with Gasteiger partial charge in [-0.05, 0) is 26.4 Å². The average Bonchev–Trinajstić information content (AvgIpc) is 2.30. The van der Waals surface area contributed by atoms with Crippen molar-refractivity contribution in [1.82, 2.24) is 14.9 Å². The molecular weight excluding hydrogens is 202 g/mol. The van der Waals surface area contributed by atoms with E-state index in [1.54, 1.807) is 18.6 Å². The molecule has 0 bridgehead atoms. The molecule has 0 aliphatic carbocycles. The van der Waals surface area contributed by atoms with Crippen molar-refractivity contribution in [2.45, 2.75) is 19.3 Å². The number of likely N-dealkylation sites (tertiary alicyclic amines) is 1. The summed E-state index contributed by atoms with van der Waals surface area (Å²) in [6.45, 7) is 1.99. The Labute approximate surface area is 95.7 Å². The SMILES string of the molecule is CN1CCCC(C(=O)Cc2cnccn2)C1. The van der Waals surface area contributed by atoms with Crippen LogP contribution >= 0.6 is 0 Å². The highest BCUT2D eigenvalue weighted by molar-refractivity contribution is 5.83. The molecule has 2 rings (SSSR count). The second-order valence-corrected chi connectivity index (χ2v) is 4.44. The van der Waals surface area contributed by atoms with E-state index in [-0.39, 0.29) is 5.92 Å². The molecule has 1 unspecified atom stereocenters. The minimum Gasteiger partial charge on any atom is -0.306 e. The molecular formula is C12H17N3O. The first-order valence-corrected chi connectivity index (χ1v) is 5.72. The molecule has 0 saturated carbocycles. The predicted octanol–water partition coefficient (Wildman–Crippen LogP) is 0.930. The molecule has 86 valence electrons. The maximum atomic E-state index is 12.0. The van der Waals surface area contributed by atoms with E-state index in [0.29, 0.717) is 12.2 Å². The second-order valence-electron chi connectivity index (χ2n) is 4.44. The van der Waals surface area contributed by atoms with Gasteiger partial charge in [0.15, 0.2) is 0 Å². The third-order valence-corrected chi connectivity index (χ3v) is 3.05. The van der Waals surface area contributed by atoms with Crippen molar-refractivity contribution >= 4 is 5.78 Å². The molecule has 1 aliphatic heterocycles. The lowest BCUT2D eigenvalue weighted by Gasteiger charge is -2.28. The largest absolute Gasteiger partial charge is 0.306 e. The minimum atomic E-state index is 0.181. The maximum Gasteiger partial charge on any atom is 0.143 e. The molecule has 0 aromatic carbocycles. The molecule has 1 aromatic rings. The van der Waals surface area contributed by atoms with Crippen molar-refractivity contribution < 1.29 is 4.79 Å². The summed E-state index contributed by atoms with van der Waals surface area (Å²) in [5, 5.41) is 0. The zero-order valence-electron chi connectivity index (χ0n) is 9.59. The molecule has 1 atom stereocenters. The van der Waals surface area contributed by atoms with Gasteiger partial charge in [-0.3, -0.25) is 14.8 Å². The summed E-state index contributed by atoms with van der Waals surface area (Å²) in [7, 11) is 2.07. The van der Waals surface area contributed by atoms with Crippen LogP contribution in [0.15, 0.2) is 18.6 Å². The van der Waals surface area contributed by atoms with Gasteiger partial charge in [0.25, 0.3) is 0 Å². The van der Waals surface area contributed by atoms with Gasteiger partial charge in [-0.15, -0.1) is 0 Å². The summed E-state index contributed by atoms with van der Waals surface area (Å²) >= 11 is 0. The highest BCUT2D eigenvalue weighted by atomic mass is 16.1. The predicted molar refractivity (Wildman–Crippen MR) is 61.0 cm³/mol. The summed E-state index contributed by atoms with van der Waals surface area (Å²) in [6.07, 6.45) is 7.49. The lowest BCUT2D eigenvalue weighted by molar-refractivity contribution is -0.123. The number of hydrogen-bond donors (Lipinski definition) is 0. The first kappa shape index (κ1) is 11.2. The number of rotatable bonds is 3. The number of carbonyl (C=O) groups is 1. The summed E-state index contributed by atoms with van der Waals surface area (Å²) in [5.41, 5.74) is 0.778. The quantitative estimate of drug-likeness (QED) is 0.758. The van der Waals surface area contributed by atoms with Crippen LogP contribution in [0, 0.1) is 5.92 Å². The summed E-state index contributed by atoms with van der Waals surface area (Å²) < 4.78 is 0. The van der Waals surface area contributed by atoms with Gasteiger partial charge in [0.05, 0.1) is 12.1 Å². The molecule has 0 radical (unpaired) electrons. The fourth-order valence-electron chi connectivity index (χ4n) is 2.17. The minimum absolute atomic E-state index is 0.181.